The van der Waals surface area contributed by atoms with E-state index in [0.717, 1.165) is 22.6 Å². The van der Waals surface area contributed by atoms with Crippen molar-refractivity contribution in [2.24, 2.45) is 0 Å². The van der Waals surface area contributed by atoms with E-state index in [1.807, 2.05) is 54.0 Å². The Balaban J connectivity index is 1.55. The zero-order valence-corrected chi connectivity index (χ0v) is 19.5. The summed E-state index contributed by atoms with van der Waals surface area (Å²) < 4.78 is 2.02. The Morgan fingerprint density at radius 3 is 2.47 bits per heavy atom. The van der Waals surface area contributed by atoms with Gasteiger partial charge in [-0.2, -0.15) is 0 Å². The van der Waals surface area contributed by atoms with Crippen LogP contribution < -0.4 is 5.32 Å². The molecule has 4 aromatic rings. The van der Waals surface area contributed by atoms with Gasteiger partial charge in [-0.15, -0.1) is 10.2 Å². The Labute approximate surface area is 196 Å². The smallest absolute Gasteiger partial charge is 0.234 e. The lowest BCUT2D eigenvalue weighted by molar-refractivity contribution is -0.113. The summed E-state index contributed by atoms with van der Waals surface area (Å²) in [7, 11) is 0. The minimum Gasteiger partial charge on any atom is -0.325 e. The van der Waals surface area contributed by atoms with Crippen LogP contribution in [-0.4, -0.2) is 26.4 Å². The van der Waals surface area contributed by atoms with E-state index < -0.39 is 0 Å². The van der Waals surface area contributed by atoms with Crippen LogP contribution in [0.1, 0.15) is 22.5 Å². The standard InChI is InChI=1S/C25H23ClN4OS/c1-17-11-13-20(14-12-17)30-23(15-19-7-4-3-5-8-19)28-29-25(30)32-16-24(31)27-22-10-6-9-21(26)18(22)2/h3-14H,15-16H2,1-2H3,(H,27,31). The zero-order chi connectivity index (χ0) is 22.5. The van der Waals surface area contributed by atoms with E-state index >= 15 is 0 Å². The maximum Gasteiger partial charge on any atom is 0.234 e. The van der Waals surface area contributed by atoms with Crippen molar-refractivity contribution in [1.29, 1.82) is 0 Å². The summed E-state index contributed by atoms with van der Waals surface area (Å²) in [5, 5.41) is 13.1. The fraction of sp³-hybridized carbons (Fsp3) is 0.160. The molecule has 0 saturated carbocycles. The van der Waals surface area contributed by atoms with Crippen LogP contribution in [0.4, 0.5) is 5.69 Å². The average Bonchev–Trinajstić information content (AvgIpc) is 3.19. The number of anilines is 1. The second-order valence-corrected chi connectivity index (χ2v) is 8.83. The first-order chi connectivity index (χ1) is 15.5. The molecule has 1 N–H and O–H groups in total. The first kappa shape index (κ1) is 22.1. The normalized spacial score (nSPS) is 10.8. The number of halogens is 1. The van der Waals surface area contributed by atoms with Crippen LogP contribution in [-0.2, 0) is 11.2 Å². The van der Waals surface area contributed by atoms with Gasteiger partial charge < -0.3 is 5.32 Å². The number of aryl methyl sites for hydroxylation is 1. The number of hydrogen-bond donors (Lipinski definition) is 1. The molecule has 0 bridgehead atoms. The molecule has 5 nitrogen and oxygen atoms in total. The van der Waals surface area contributed by atoms with Crippen LogP contribution in [0.5, 0.6) is 0 Å². The largest absolute Gasteiger partial charge is 0.325 e. The fourth-order valence-corrected chi connectivity index (χ4v) is 4.24. The van der Waals surface area contributed by atoms with Gasteiger partial charge in [0.1, 0.15) is 5.82 Å². The predicted octanol–water partition coefficient (Wildman–Crippen LogP) is 5.86. The molecule has 0 aliphatic carbocycles. The number of carbonyl (C=O) groups is 1. The number of aromatic nitrogens is 3. The summed E-state index contributed by atoms with van der Waals surface area (Å²) in [6, 6.07) is 23.9. The molecule has 0 aliphatic heterocycles. The van der Waals surface area contributed by atoms with Gasteiger partial charge in [-0.05, 0) is 49.2 Å². The number of rotatable bonds is 7. The lowest BCUT2D eigenvalue weighted by Gasteiger charge is -2.12. The second kappa shape index (κ2) is 10.0. The number of amides is 1. The second-order valence-electron chi connectivity index (χ2n) is 7.48. The lowest BCUT2D eigenvalue weighted by atomic mass is 10.1. The van der Waals surface area contributed by atoms with Crippen LogP contribution in [0.3, 0.4) is 0 Å². The molecule has 4 rings (SSSR count). The van der Waals surface area contributed by atoms with Crippen molar-refractivity contribution in [3.05, 3.63) is 100 Å². The van der Waals surface area contributed by atoms with Gasteiger partial charge in [0.25, 0.3) is 0 Å². The molecule has 0 radical (unpaired) electrons. The van der Waals surface area contributed by atoms with Gasteiger partial charge in [-0.3, -0.25) is 9.36 Å². The molecule has 1 heterocycles. The molecule has 0 aliphatic rings. The Hall–Kier alpha value is -3.09. The van der Waals surface area contributed by atoms with Crippen molar-refractivity contribution in [1.82, 2.24) is 14.8 Å². The molecule has 162 valence electrons. The highest BCUT2D eigenvalue weighted by atomic mass is 35.5. The van der Waals surface area contributed by atoms with Crippen LogP contribution in [0.25, 0.3) is 5.69 Å². The van der Waals surface area contributed by atoms with Crippen molar-refractivity contribution in [2.45, 2.75) is 25.4 Å². The highest BCUT2D eigenvalue weighted by Gasteiger charge is 2.17. The van der Waals surface area contributed by atoms with Crippen LogP contribution in [0.15, 0.2) is 78.0 Å². The summed E-state index contributed by atoms with van der Waals surface area (Å²) >= 11 is 7.52. The van der Waals surface area contributed by atoms with Crippen molar-refractivity contribution < 1.29 is 4.79 Å². The average molecular weight is 463 g/mol. The van der Waals surface area contributed by atoms with Gasteiger partial charge in [0.05, 0.1) is 5.75 Å². The van der Waals surface area contributed by atoms with Gasteiger partial charge in [0.2, 0.25) is 5.91 Å². The SMILES string of the molecule is Cc1ccc(-n2c(Cc3ccccc3)nnc2SCC(=O)Nc2cccc(Cl)c2C)cc1. The number of benzene rings is 3. The van der Waals surface area contributed by atoms with E-state index in [4.69, 9.17) is 11.6 Å². The molecule has 0 fully saturated rings. The lowest BCUT2D eigenvalue weighted by Crippen LogP contribution is -2.15. The molecule has 7 heteroatoms. The number of thioether (sulfide) groups is 1. The van der Waals surface area contributed by atoms with Gasteiger partial charge in [-0.25, -0.2) is 0 Å². The summed E-state index contributed by atoms with van der Waals surface area (Å²) in [6.45, 7) is 3.94. The van der Waals surface area contributed by atoms with E-state index in [2.05, 4.69) is 46.7 Å². The quantitative estimate of drug-likeness (QED) is 0.349. The van der Waals surface area contributed by atoms with Crippen LogP contribution >= 0.6 is 23.4 Å². The van der Waals surface area contributed by atoms with E-state index in [0.29, 0.717) is 22.3 Å². The Kier molecular flexibility index (Phi) is 6.93. The molecule has 1 amide bonds. The Bertz CT molecular complexity index is 1220. The molecule has 1 aromatic heterocycles. The number of nitrogens with zero attached hydrogens (tertiary/aromatic N) is 3. The maximum absolute atomic E-state index is 12.6. The first-order valence-corrected chi connectivity index (χ1v) is 11.6. The molecule has 0 unspecified atom stereocenters. The van der Waals surface area contributed by atoms with Gasteiger partial charge in [0.15, 0.2) is 5.16 Å². The third-order valence-corrected chi connectivity index (χ3v) is 6.41. The monoisotopic (exact) mass is 462 g/mol. The molecule has 3 aromatic carbocycles. The summed E-state index contributed by atoms with van der Waals surface area (Å²) in [6.07, 6.45) is 0.649. The van der Waals surface area contributed by atoms with Crippen LogP contribution in [0, 0.1) is 13.8 Å². The van der Waals surface area contributed by atoms with Crippen molar-refractivity contribution in [3.63, 3.8) is 0 Å². The van der Waals surface area contributed by atoms with E-state index in [-0.39, 0.29) is 11.7 Å². The summed E-state index contributed by atoms with van der Waals surface area (Å²) in [5.74, 6) is 0.915. The predicted molar refractivity (Wildman–Crippen MR) is 131 cm³/mol. The van der Waals surface area contributed by atoms with E-state index in [1.165, 1.54) is 17.3 Å². The topological polar surface area (TPSA) is 59.8 Å². The minimum absolute atomic E-state index is 0.122. The zero-order valence-electron chi connectivity index (χ0n) is 17.9. The highest BCUT2D eigenvalue weighted by Crippen LogP contribution is 2.26. The highest BCUT2D eigenvalue weighted by molar-refractivity contribution is 7.99. The number of hydrogen-bond acceptors (Lipinski definition) is 4. The molecule has 0 spiro atoms. The maximum atomic E-state index is 12.6. The Morgan fingerprint density at radius 1 is 0.969 bits per heavy atom. The Morgan fingerprint density at radius 2 is 1.72 bits per heavy atom. The van der Waals surface area contributed by atoms with Crippen molar-refractivity contribution in [3.8, 4) is 5.69 Å². The summed E-state index contributed by atoms with van der Waals surface area (Å²) in [4.78, 5) is 12.6. The number of carbonyl (C=O) groups excluding carboxylic acids is 1. The third-order valence-electron chi connectivity index (χ3n) is 5.07. The first-order valence-electron chi connectivity index (χ1n) is 10.2. The molecule has 0 atom stereocenters. The summed E-state index contributed by atoms with van der Waals surface area (Å²) in [5.41, 5.74) is 4.87. The third kappa shape index (κ3) is 5.21. The minimum atomic E-state index is -0.122. The fourth-order valence-electron chi connectivity index (χ4n) is 3.30. The van der Waals surface area contributed by atoms with E-state index in [9.17, 15) is 4.79 Å². The van der Waals surface area contributed by atoms with Gasteiger partial charge in [0, 0.05) is 22.8 Å². The molecular formula is C25H23ClN4OS. The van der Waals surface area contributed by atoms with Crippen molar-refractivity contribution in [2.75, 3.05) is 11.1 Å². The molecule has 0 saturated heterocycles. The molecular weight excluding hydrogens is 440 g/mol. The van der Waals surface area contributed by atoms with E-state index in [1.54, 1.807) is 6.07 Å². The number of nitrogens with one attached hydrogen (secondary N) is 1. The van der Waals surface area contributed by atoms with Gasteiger partial charge >= 0.3 is 0 Å². The van der Waals surface area contributed by atoms with Crippen LogP contribution in [0.2, 0.25) is 5.02 Å². The van der Waals surface area contributed by atoms with Gasteiger partial charge in [-0.1, -0.05) is 77.5 Å². The molecule has 32 heavy (non-hydrogen) atoms. The van der Waals surface area contributed by atoms with Crippen molar-refractivity contribution >= 4 is 35.0 Å².